The van der Waals surface area contributed by atoms with Gasteiger partial charge in [-0.15, -0.1) is 0 Å². The number of aromatic nitrogens is 2. The number of halogens is 1. The molecule has 0 aliphatic heterocycles. The highest BCUT2D eigenvalue weighted by atomic mass is 127. The second-order valence-corrected chi connectivity index (χ2v) is 5.11. The van der Waals surface area contributed by atoms with Gasteiger partial charge in [0.2, 0.25) is 0 Å². The van der Waals surface area contributed by atoms with E-state index in [1.807, 2.05) is 6.07 Å². The molecule has 5 N–H and O–H groups in total. The van der Waals surface area contributed by atoms with Gasteiger partial charge in [-0.1, -0.05) is 32.7 Å². The van der Waals surface area contributed by atoms with E-state index in [4.69, 9.17) is 5.73 Å². The van der Waals surface area contributed by atoms with Crippen molar-refractivity contribution in [3.63, 3.8) is 0 Å². The number of aromatic amines is 1. The minimum absolute atomic E-state index is 0. The summed E-state index contributed by atoms with van der Waals surface area (Å²) in [6.07, 6.45) is 0. The highest BCUT2D eigenvalue weighted by Gasteiger charge is 2.08. The number of nitrogens with zero attached hydrogens (tertiary/aromatic N) is 1. The molecule has 0 saturated heterocycles. The lowest BCUT2D eigenvalue weighted by Crippen LogP contribution is -3.00. The maximum atomic E-state index is 5.73. The molecule has 0 aromatic carbocycles. The van der Waals surface area contributed by atoms with Crippen LogP contribution in [0.3, 0.4) is 0 Å². The summed E-state index contributed by atoms with van der Waals surface area (Å²) in [5.41, 5.74) is 5.73. The predicted octanol–water partition coefficient (Wildman–Crippen LogP) is -1.38. The zero-order valence-electron chi connectivity index (χ0n) is 11.5. The number of hydrogen-bond donors (Lipinski definition) is 3. The van der Waals surface area contributed by atoms with Crippen molar-refractivity contribution in [3.05, 3.63) is 6.07 Å². The molecule has 104 valence electrons. The zero-order chi connectivity index (χ0) is 12.8. The fourth-order valence-electron chi connectivity index (χ4n) is 1.31. The third-order valence-corrected chi connectivity index (χ3v) is 2.18. The first kappa shape index (κ1) is 17.2. The van der Waals surface area contributed by atoms with E-state index in [1.54, 1.807) is 0 Å². The molecule has 0 saturated carbocycles. The van der Waals surface area contributed by atoms with Gasteiger partial charge in [-0.2, -0.15) is 0 Å². The molecule has 0 spiro atoms. The lowest BCUT2D eigenvalue weighted by Gasteiger charge is -2.09. The molecule has 1 heterocycles. The van der Waals surface area contributed by atoms with Crippen molar-refractivity contribution in [2.75, 3.05) is 29.5 Å². The van der Waals surface area contributed by atoms with Crippen molar-refractivity contribution in [2.45, 2.75) is 27.7 Å². The Morgan fingerprint density at radius 1 is 1.17 bits per heavy atom. The van der Waals surface area contributed by atoms with Crippen LogP contribution in [0.2, 0.25) is 0 Å². The van der Waals surface area contributed by atoms with Gasteiger partial charge in [-0.25, -0.2) is 4.98 Å². The van der Waals surface area contributed by atoms with Gasteiger partial charge in [0, 0.05) is 6.54 Å². The molecule has 0 amide bonds. The minimum atomic E-state index is 0. The van der Waals surface area contributed by atoms with Gasteiger partial charge < -0.3 is 40.3 Å². The molecular weight excluding hydrogens is 341 g/mol. The lowest BCUT2D eigenvalue weighted by atomic mass is 10.2. The highest BCUT2D eigenvalue weighted by molar-refractivity contribution is 5.46. The van der Waals surface area contributed by atoms with Crippen LogP contribution in [-0.2, 0) is 0 Å². The molecule has 0 bridgehead atoms. The zero-order valence-corrected chi connectivity index (χ0v) is 13.7. The first-order valence-corrected chi connectivity index (χ1v) is 6.15. The van der Waals surface area contributed by atoms with Crippen LogP contribution in [-0.4, -0.2) is 18.1 Å². The molecule has 1 rings (SSSR count). The summed E-state index contributed by atoms with van der Waals surface area (Å²) in [7, 11) is 0. The monoisotopic (exact) mass is 365 g/mol. The summed E-state index contributed by atoms with van der Waals surface area (Å²) in [5.74, 6) is 3.29. The number of rotatable bonds is 6. The Balaban J connectivity index is 0.00000289. The Hall–Kier alpha value is -0.790. The van der Waals surface area contributed by atoms with E-state index in [1.165, 1.54) is 0 Å². The Bertz CT molecular complexity index is 324. The summed E-state index contributed by atoms with van der Waals surface area (Å²) in [5, 5.41) is 6.56. The highest BCUT2D eigenvalue weighted by Crippen LogP contribution is 2.09. The average Bonchev–Trinajstić information content (AvgIpc) is 2.23. The maximum absolute atomic E-state index is 5.73. The van der Waals surface area contributed by atoms with Crippen LogP contribution in [0.4, 0.5) is 17.6 Å². The van der Waals surface area contributed by atoms with Crippen molar-refractivity contribution >= 4 is 17.6 Å². The van der Waals surface area contributed by atoms with Crippen molar-refractivity contribution in [1.82, 2.24) is 4.98 Å². The molecular formula is C12H24IN5. The average molecular weight is 365 g/mol. The third-order valence-electron chi connectivity index (χ3n) is 2.18. The number of nitrogens with two attached hydrogens (primary N) is 1. The predicted molar refractivity (Wildman–Crippen MR) is 71.9 cm³/mol. The topological polar surface area (TPSA) is 77.1 Å². The Labute approximate surface area is 126 Å². The summed E-state index contributed by atoms with van der Waals surface area (Å²) >= 11 is 0. The van der Waals surface area contributed by atoms with Crippen LogP contribution in [0.1, 0.15) is 27.7 Å². The van der Waals surface area contributed by atoms with Crippen LogP contribution in [0.5, 0.6) is 0 Å². The fraction of sp³-hybridized carbons (Fsp3) is 0.667. The van der Waals surface area contributed by atoms with Gasteiger partial charge in [0.25, 0.3) is 0 Å². The van der Waals surface area contributed by atoms with E-state index in [0.717, 1.165) is 24.7 Å². The lowest BCUT2D eigenvalue weighted by molar-refractivity contribution is -0.347. The number of nitrogens with one attached hydrogen (secondary N) is 3. The van der Waals surface area contributed by atoms with Crippen molar-refractivity contribution < 1.29 is 29.0 Å². The van der Waals surface area contributed by atoms with E-state index in [-0.39, 0.29) is 24.0 Å². The summed E-state index contributed by atoms with van der Waals surface area (Å²) in [6, 6.07) is 1.95. The number of hydrogen-bond acceptors (Lipinski definition) is 4. The molecule has 0 fully saturated rings. The molecule has 1 aromatic heterocycles. The van der Waals surface area contributed by atoms with Gasteiger partial charge in [-0.3, -0.25) is 0 Å². The summed E-state index contributed by atoms with van der Waals surface area (Å²) in [4.78, 5) is 7.21. The van der Waals surface area contributed by atoms with Crippen LogP contribution in [0.15, 0.2) is 6.07 Å². The minimum Gasteiger partial charge on any atom is -1.00 e. The van der Waals surface area contributed by atoms with Gasteiger partial charge in [0.05, 0.1) is 12.6 Å². The normalized spacial score (nSPS) is 10.3. The molecule has 6 heteroatoms. The van der Waals surface area contributed by atoms with Crippen LogP contribution in [0, 0.1) is 11.8 Å². The van der Waals surface area contributed by atoms with Gasteiger partial charge in [0.1, 0.15) is 0 Å². The summed E-state index contributed by atoms with van der Waals surface area (Å²) in [6.45, 7) is 10.4. The van der Waals surface area contributed by atoms with Crippen LogP contribution < -0.4 is 45.3 Å². The molecule has 18 heavy (non-hydrogen) atoms. The van der Waals surface area contributed by atoms with Crippen molar-refractivity contribution in [2.24, 2.45) is 11.8 Å². The number of nitrogen functional groups attached to an aromatic ring is 1. The number of H-pyrrole nitrogens is 1. The molecule has 0 atom stereocenters. The quantitative estimate of drug-likeness (QED) is 0.543. The third kappa shape index (κ3) is 6.83. The SMILES string of the molecule is CC(C)CNc1cc(NCC(C)C)[nH+]c(N)n1.[I-]. The van der Waals surface area contributed by atoms with E-state index in [9.17, 15) is 0 Å². The summed E-state index contributed by atoms with van der Waals surface area (Å²) < 4.78 is 0. The molecule has 1 aromatic rings. The van der Waals surface area contributed by atoms with Crippen LogP contribution >= 0.6 is 0 Å². The Morgan fingerprint density at radius 2 is 1.72 bits per heavy atom. The van der Waals surface area contributed by atoms with Gasteiger partial charge in [0.15, 0.2) is 11.6 Å². The van der Waals surface area contributed by atoms with E-state index < -0.39 is 0 Å². The van der Waals surface area contributed by atoms with Crippen molar-refractivity contribution in [1.29, 1.82) is 0 Å². The van der Waals surface area contributed by atoms with Crippen LogP contribution in [0.25, 0.3) is 0 Å². The molecule has 0 radical (unpaired) electrons. The van der Waals surface area contributed by atoms with E-state index in [0.29, 0.717) is 17.8 Å². The first-order valence-electron chi connectivity index (χ1n) is 6.15. The second kappa shape index (κ2) is 8.34. The second-order valence-electron chi connectivity index (χ2n) is 5.11. The standard InChI is InChI=1S/C12H23N5.HI/c1-8(2)6-14-10-5-11(15-7-9(3)4)17-12(13)16-10;/h5,8-9H,6-7H2,1-4H3,(H4,13,14,15,16,17);1H. The Morgan fingerprint density at radius 3 is 2.28 bits per heavy atom. The van der Waals surface area contributed by atoms with E-state index in [2.05, 4.69) is 48.3 Å². The fourth-order valence-corrected chi connectivity index (χ4v) is 1.31. The molecule has 0 aliphatic rings. The van der Waals surface area contributed by atoms with E-state index >= 15 is 0 Å². The van der Waals surface area contributed by atoms with Gasteiger partial charge in [-0.05, 0) is 11.8 Å². The smallest absolute Gasteiger partial charge is 0.344 e. The molecule has 0 aliphatic carbocycles. The van der Waals surface area contributed by atoms with Gasteiger partial charge >= 0.3 is 5.95 Å². The molecule has 0 unspecified atom stereocenters. The maximum Gasteiger partial charge on any atom is 0.344 e. The van der Waals surface area contributed by atoms with Crippen molar-refractivity contribution in [3.8, 4) is 0 Å². The number of anilines is 3. The first-order chi connectivity index (χ1) is 7.97. The molecule has 5 nitrogen and oxygen atoms in total. The largest absolute Gasteiger partial charge is 1.00 e. The Kier molecular flexibility index (Phi) is 7.97.